The van der Waals surface area contributed by atoms with Crippen molar-refractivity contribution in [2.24, 2.45) is 0 Å². The van der Waals surface area contributed by atoms with Gasteiger partial charge in [0.05, 0.1) is 17.5 Å². The van der Waals surface area contributed by atoms with Crippen LogP contribution >= 0.6 is 0 Å². The zero-order valence-electron chi connectivity index (χ0n) is 11.5. The Morgan fingerprint density at radius 3 is 2.70 bits per heavy atom. The van der Waals surface area contributed by atoms with Crippen molar-refractivity contribution < 1.29 is 9.90 Å². The number of aryl methyl sites for hydroxylation is 1. The maximum Gasteiger partial charge on any atom is 0.305 e. The highest BCUT2D eigenvalue weighted by atomic mass is 16.4. The van der Waals surface area contributed by atoms with Crippen LogP contribution in [0.15, 0.2) is 24.3 Å². The predicted molar refractivity (Wildman–Crippen MR) is 78.0 cm³/mol. The summed E-state index contributed by atoms with van der Waals surface area (Å²) in [6.45, 7) is 2.49. The maximum absolute atomic E-state index is 10.9. The van der Waals surface area contributed by atoms with Crippen molar-refractivity contribution in [1.82, 2.24) is 9.55 Å². The number of carbonyl (C=O) groups is 1. The lowest BCUT2D eigenvalue weighted by atomic mass is 10.1. The minimum Gasteiger partial charge on any atom is -0.481 e. The Hall–Kier alpha value is -2.04. The highest BCUT2D eigenvalue weighted by Gasteiger charge is 2.19. The maximum atomic E-state index is 10.9. The Kier molecular flexibility index (Phi) is 3.58. The summed E-state index contributed by atoms with van der Waals surface area (Å²) in [5.41, 5.74) is 1.97. The number of carboxylic acids is 1. The first-order valence-electron chi connectivity index (χ1n) is 7.18. The van der Waals surface area contributed by atoms with Crippen LogP contribution in [0.3, 0.4) is 0 Å². The van der Waals surface area contributed by atoms with Gasteiger partial charge in [0.1, 0.15) is 0 Å². The van der Waals surface area contributed by atoms with E-state index in [1.807, 2.05) is 24.3 Å². The monoisotopic (exact) mass is 273 g/mol. The Morgan fingerprint density at radius 2 is 1.95 bits per heavy atom. The van der Waals surface area contributed by atoms with Gasteiger partial charge in [0.25, 0.3) is 0 Å². The molecule has 0 unspecified atom stereocenters. The summed E-state index contributed by atoms with van der Waals surface area (Å²) < 4.78 is 2.05. The van der Waals surface area contributed by atoms with Crippen LogP contribution in [0, 0.1) is 0 Å². The second-order valence-electron chi connectivity index (χ2n) is 5.24. The Bertz CT molecular complexity index is 615. The SMILES string of the molecule is O=C(O)CCn1c(N2CCCCC2)nc2ccccc21. The van der Waals surface area contributed by atoms with E-state index < -0.39 is 5.97 Å². The molecule has 1 saturated heterocycles. The van der Waals surface area contributed by atoms with E-state index in [0.717, 1.165) is 30.1 Å². The molecule has 5 heteroatoms. The quantitative estimate of drug-likeness (QED) is 0.930. The van der Waals surface area contributed by atoms with Crippen LogP contribution in [-0.2, 0) is 11.3 Å². The fourth-order valence-corrected chi connectivity index (χ4v) is 2.83. The van der Waals surface area contributed by atoms with E-state index in [-0.39, 0.29) is 6.42 Å². The Balaban J connectivity index is 1.99. The van der Waals surface area contributed by atoms with Gasteiger partial charge in [-0.05, 0) is 31.4 Å². The van der Waals surface area contributed by atoms with Crippen LogP contribution in [0.2, 0.25) is 0 Å². The van der Waals surface area contributed by atoms with E-state index in [4.69, 9.17) is 10.1 Å². The van der Waals surface area contributed by atoms with Gasteiger partial charge in [0.15, 0.2) is 0 Å². The second kappa shape index (κ2) is 5.53. The molecule has 1 fully saturated rings. The van der Waals surface area contributed by atoms with Crippen molar-refractivity contribution in [3.05, 3.63) is 24.3 Å². The van der Waals surface area contributed by atoms with Crippen molar-refractivity contribution >= 4 is 23.0 Å². The van der Waals surface area contributed by atoms with Gasteiger partial charge in [-0.2, -0.15) is 0 Å². The summed E-state index contributed by atoms with van der Waals surface area (Å²) in [5, 5.41) is 8.94. The fraction of sp³-hybridized carbons (Fsp3) is 0.467. The van der Waals surface area contributed by atoms with Crippen molar-refractivity contribution in [2.75, 3.05) is 18.0 Å². The number of hydrogen-bond donors (Lipinski definition) is 1. The number of carboxylic acid groups (broad SMARTS) is 1. The number of rotatable bonds is 4. The minimum atomic E-state index is -0.771. The summed E-state index contributed by atoms with van der Waals surface area (Å²) in [5.74, 6) is 0.152. The lowest BCUT2D eigenvalue weighted by Crippen LogP contribution is -2.32. The fourth-order valence-electron chi connectivity index (χ4n) is 2.83. The van der Waals surface area contributed by atoms with E-state index in [9.17, 15) is 4.79 Å². The average molecular weight is 273 g/mol. The molecular weight excluding hydrogens is 254 g/mol. The van der Waals surface area contributed by atoms with Crippen LogP contribution in [0.1, 0.15) is 25.7 Å². The average Bonchev–Trinajstić information content (AvgIpc) is 2.84. The van der Waals surface area contributed by atoms with Gasteiger partial charge in [0.2, 0.25) is 5.95 Å². The topological polar surface area (TPSA) is 58.4 Å². The Labute approximate surface area is 117 Å². The molecule has 1 aliphatic rings. The highest BCUT2D eigenvalue weighted by Crippen LogP contribution is 2.25. The highest BCUT2D eigenvalue weighted by molar-refractivity contribution is 5.79. The van der Waals surface area contributed by atoms with E-state index in [1.165, 1.54) is 19.3 Å². The van der Waals surface area contributed by atoms with Gasteiger partial charge in [-0.1, -0.05) is 12.1 Å². The number of para-hydroxylation sites is 2. The lowest BCUT2D eigenvalue weighted by Gasteiger charge is -2.28. The summed E-state index contributed by atoms with van der Waals surface area (Å²) in [6.07, 6.45) is 3.76. The molecule has 2 aromatic rings. The van der Waals surface area contributed by atoms with Crippen LogP contribution in [0.25, 0.3) is 11.0 Å². The van der Waals surface area contributed by atoms with Gasteiger partial charge in [-0.3, -0.25) is 4.79 Å². The Morgan fingerprint density at radius 1 is 1.20 bits per heavy atom. The van der Waals surface area contributed by atoms with Gasteiger partial charge in [0, 0.05) is 19.6 Å². The molecule has 0 aliphatic carbocycles. The molecule has 1 N–H and O–H groups in total. The van der Waals surface area contributed by atoms with Crippen LogP contribution in [0.4, 0.5) is 5.95 Å². The molecule has 1 aromatic heterocycles. The summed E-state index contributed by atoms with van der Waals surface area (Å²) >= 11 is 0. The smallest absolute Gasteiger partial charge is 0.305 e. The normalized spacial score (nSPS) is 15.7. The molecule has 5 nitrogen and oxygen atoms in total. The molecule has 3 rings (SSSR count). The molecule has 0 atom stereocenters. The number of aromatic nitrogens is 2. The molecule has 1 aromatic carbocycles. The summed E-state index contributed by atoms with van der Waals surface area (Å²) in [4.78, 5) is 17.9. The standard InChI is InChI=1S/C15H19N3O2/c19-14(20)8-11-18-13-7-3-2-6-12(13)16-15(18)17-9-4-1-5-10-17/h2-3,6-7H,1,4-5,8-11H2,(H,19,20). The van der Waals surface area contributed by atoms with Gasteiger partial charge < -0.3 is 14.6 Å². The molecule has 0 spiro atoms. The largest absolute Gasteiger partial charge is 0.481 e. The lowest BCUT2D eigenvalue weighted by molar-refractivity contribution is -0.137. The number of imidazole rings is 1. The summed E-state index contributed by atoms with van der Waals surface area (Å²) in [6, 6.07) is 7.94. The van der Waals surface area contributed by atoms with Gasteiger partial charge in [-0.15, -0.1) is 0 Å². The van der Waals surface area contributed by atoms with Crippen molar-refractivity contribution in [2.45, 2.75) is 32.2 Å². The molecular formula is C15H19N3O2. The molecule has 106 valence electrons. The zero-order valence-corrected chi connectivity index (χ0v) is 11.5. The van der Waals surface area contributed by atoms with Crippen LogP contribution < -0.4 is 4.90 Å². The van der Waals surface area contributed by atoms with Crippen LogP contribution in [-0.4, -0.2) is 33.7 Å². The first kappa shape index (κ1) is 13.0. The van der Waals surface area contributed by atoms with Crippen molar-refractivity contribution in [3.63, 3.8) is 0 Å². The van der Waals surface area contributed by atoms with E-state index in [1.54, 1.807) is 0 Å². The van der Waals surface area contributed by atoms with Gasteiger partial charge >= 0.3 is 5.97 Å². The molecule has 0 saturated carbocycles. The van der Waals surface area contributed by atoms with Crippen LogP contribution in [0.5, 0.6) is 0 Å². The third-order valence-corrected chi connectivity index (χ3v) is 3.82. The number of aliphatic carboxylic acids is 1. The van der Waals surface area contributed by atoms with E-state index in [2.05, 4.69) is 9.47 Å². The molecule has 0 radical (unpaired) electrons. The number of nitrogens with zero attached hydrogens (tertiary/aromatic N) is 3. The third-order valence-electron chi connectivity index (χ3n) is 3.82. The number of fused-ring (bicyclic) bond motifs is 1. The van der Waals surface area contributed by atoms with Crippen molar-refractivity contribution in [3.8, 4) is 0 Å². The molecule has 0 bridgehead atoms. The van der Waals surface area contributed by atoms with E-state index >= 15 is 0 Å². The first-order valence-corrected chi connectivity index (χ1v) is 7.18. The predicted octanol–water partition coefficient (Wildman–Crippen LogP) is 2.50. The minimum absolute atomic E-state index is 0.126. The number of anilines is 1. The molecule has 20 heavy (non-hydrogen) atoms. The first-order chi connectivity index (χ1) is 9.75. The number of piperidine rings is 1. The van der Waals surface area contributed by atoms with Gasteiger partial charge in [-0.25, -0.2) is 4.98 Å². The molecule has 1 aliphatic heterocycles. The third kappa shape index (κ3) is 2.48. The van der Waals surface area contributed by atoms with Crippen molar-refractivity contribution in [1.29, 1.82) is 0 Å². The van der Waals surface area contributed by atoms with E-state index in [0.29, 0.717) is 6.54 Å². The number of benzene rings is 1. The molecule has 0 amide bonds. The summed E-state index contributed by atoms with van der Waals surface area (Å²) in [7, 11) is 0. The molecule has 2 heterocycles. The zero-order chi connectivity index (χ0) is 13.9. The number of hydrogen-bond acceptors (Lipinski definition) is 3. The second-order valence-corrected chi connectivity index (χ2v) is 5.24.